The van der Waals surface area contributed by atoms with Gasteiger partial charge in [0, 0.05) is 12.8 Å². The number of hydrogen-bond acceptors (Lipinski definition) is 6. The van der Waals surface area contributed by atoms with Gasteiger partial charge < -0.3 is 19.8 Å². The number of nitriles is 1. The Balaban J connectivity index is 2.03. The van der Waals surface area contributed by atoms with Crippen LogP contribution in [-0.4, -0.2) is 40.6 Å². The Bertz CT molecular complexity index is 736. The molecule has 0 aliphatic rings. The summed E-state index contributed by atoms with van der Waals surface area (Å²) in [6.45, 7) is 2.88. The minimum Gasteiger partial charge on any atom is -0.379 e. The van der Waals surface area contributed by atoms with Gasteiger partial charge in [-0.05, 0) is 18.6 Å². The molecule has 1 aromatic heterocycles. The van der Waals surface area contributed by atoms with Crippen molar-refractivity contribution in [1.29, 1.82) is 5.26 Å². The Hall–Kier alpha value is -1.49. The minimum atomic E-state index is -4.57. The second kappa shape index (κ2) is 21.6. The molecule has 0 amide bonds. The number of nitrogens with zero attached hydrogens (tertiary/aromatic N) is 2. The second-order valence-corrected chi connectivity index (χ2v) is 10.8. The van der Waals surface area contributed by atoms with Crippen LogP contribution in [0.5, 0.6) is 0 Å². The van der Waals surface area contributed by atoms with Crippen molar-refractivity contribution in [3.05, 3.63) is 23.9 Å². The topological polar surface area (TPSA) is 125 Å². The summed E-state index contributed by atoms with van der Waals surface area (Å²) in [5.41, 5.74) is 0.434. The van der Waals surface area contributed by atoms with Gasteiger partial charge in [-0.25, -0.2) is 9.55 Å². The number of nitrogens with one attached hydrogen (secondary N) is 1. The lowest BCUT2D eigenvalue weighted by Gasteiger charge is -2.19. The van der Waals surface area contributed by atoms with Gasteiger partial charge in [0.15, 0.2) is 0 Å². The van der Waals surface area contributed by atoms with E-state index < -0.39 is 13.9 Å². The van der Waals surface area contributed by atoms with Gasteiger partial charge in [-0.1, -0.05) is 103 Å². The molecule has 206 valence electrons. The molecular formula is C27H48N3O5P. The van der Waals surface area contributed by atoms with E-state index in [9.17, 15) is 4.57 Å². The first-order valence-electron chi connectivity index (χ1n) is 13.8. The van der Waals surface area contributed by atoms with Gasteiger partial charge in [0.2, 0.25) is 0 Å². The van der Waals surface area contributed by atoms with Crippen LogP contribution in [0.3, 0.4) is 0 Å². The highest BCUT2D eigenvalue weighted by atomic mass is 31.2. The monoisotopic (exact) mass is 525 g/mol. The Kier molecular flexibility index (Phi) is 19.5. The van der Waals surface area contributed by atoms with Crippen molar-refractivity contribution in [2.24, 2.45) is 0 Å². The number of phosphoric acid groups is 1. The molecule has 0 saturated heterocycles. The van der Waals surface area contributed by atoms with Crippen LogP contribution < -0.4 is 5.32 Å². The highest BCUT2D eigenvalue weighted by Crippen LogP contribution is 2.35. The van der Waals surface area contributed by atoms with Gasteiger partial charge in [-0.15, -0.1) is 0 Å². The first kappa shape index (κ1) is 32.5. The fourth-order valence-electron chi connectivity index (χ4n) is 4.05. The molecule has 3 N–H and O–H groups in total. The summed E-state index contributed by atoms with van der Waals surface area (Å²) in [6, 6.07) is 4.78. The van der Waals surface area contributed by atoms with Crippen molar-refractivity contribution in [1.82, 2.24) is 4.98 Å². The lowest BCUT2D eigenvalue weighted by Crippen LogP contribution is -2.31. The Morgan fingerprint density at radius 2 is 1.42 bits per heavy atom. The number of pyridine rings is 1. The Morgan fingerprint density at radius 1 is 0.889 bits per heavy atom. The molecule has 1 aromatic rings. The molecular weight excluding hydrogens is 477 g/mol. The number of phosphoric ester groups is 1. The van der Waals surface area contributed by atoms with Crippen LogP contribution in [0.25, 0.3) is 0 Å². The van der Waals surface area contributed by atoms with Crippen LogP contribution in [0.4, 0.5) is 5.82 Å². The third kappa shape index (κ3) is 19.7. The fraction of sp³-hybridized carbons (Fsp3) is 0.778. The molecule has 0 spiro atoms. The van der Waals surface area contributed by atoms with E-state index in [-0.39, 0.29) is 13.2 Å². The van der Waals surface area contributed by atoms with Crippen LogP contribution in [0.2, 0.25) is 0 Å². The van der Waals surface area contributed by atoms with Crippen LogP contribution in [0.1, 0.15) is 115 Å². The van der Waals surface area contributed by atoms with Gasteiger partial charge in [0.25, 0.3) is 0 Å². The number of hydrogen-bond donors (Lipinski definition) is 3. The third-order valence-corrected chi connectivity index (χ3v) is 6.64. The van der Waals surface area contributed by atoms with E-state index in [0.717, 1.165) is 12.8 Å². The SMILES string of the molecule is CCCCCCCCCCCCCCCCCCOCC(COP(=O)(O)O)Nc1ccc(C#N)cn1. The highest BCUT2D eigenvalue weighted by molar-refractivity contribution is 7.46. The van der Waals surface area contributed by atoms with Crippen LogP contribution in [-0.2, 0) is 13.8 Å². The number of rotatable bonds is 24. The summed E-state index contributed by atoms with van der Waals surface area (Å²) < 4.78 is 21.4. The first-order chi connectivity index (χ1) is 17.4. The molecule has 0 fully saturated rings. The molecule has 0 saturated carbocycles. The van der Waals surface area contributed by atoms with Gasteiger partial charge in [0.05, 0.1) is 24.8 Å². The Labute approximate surface area is 218 Å². The first-order valence-corrected chi connectivity index (χ1v) is 15.4. The molecule has 0 aromatic carbocycles. The average molecular weight is 526 g/mol. The lowest BCUT2D eigenvalue weighted by atomic mass is 10.0. The molecule has 0 aliphatic carbocycles. The number of anilines is 1. The van der Waals surface area contributed by atoms with E-state index in [2.05, 4.69) is 21.7 Å². The number of ether oxygens (including phenoxy) is 1. The molecule has 1 unspecified atom stereocenters. The van der Waals surface area contributed by atoms with Crippen molar-refractivity contribution in [2.75, 3.05) is 25.1 Å². The van der Waals surface area contributed by atoms with E-state index in [1.165, 1.54) is 96.1 Å². The maximum absolute atomic E-state index is 11.1. The number of unbranched alkanes of at least 4 members (excludes halogenated alkanes) is 15. The number of aromatic nitrogens is 1. The van der Waals surface area contributed by atoms with Gasteiger partial charge in [0.1, 0.15) is 11.9 Å². The van der Waals surface area contributed by atoms with Crippen molar-refractivity contribution in [3.8, 4) is 6.07 Å². The van der Waals surface area contributed by atoms with Gasteiger partial charge >= 0.3 is 7.82 Å². The van der Waals surface area contributed by atoms with E-state index in [1.54, 1.807) is 12.1 Å². The van der Waals surface area contributed by atoms with Gasteiger partial charge in [-0.2, -0.15) is 5.26 Å². The molecule has 9 heteroatoms. The van der Waals surface area contributed by atoms with Crippen molar-refractivity contribution in [2.45, 2.75) is 116 Å². The molecule has 1 rings (SSSR count). The Morgan fingerprint density at radius 3 is 1.86 bits per heavy atom. The molecule has 8 nitrogen and oxygen atoms in total. The van der Waals surface area contributed by atoms with E-state index in [4.69, 9.17) is 19.8 Å². The summed E-state index contributed by atoms with van der Waals surface area (Å²) >= 11 is 0. The normalized spacial score (nSPS) is 12.4. The molecule has 0 radical (unpaired) electrons. The predicted octanol–water partition coefficient (Wildman–Crippen LogP) is 7.12. The van der Waals surface area contributed by atoms with E-state index in [0.29, 0.717) is 18.0 Å². The van der Waals surface area contributed by atoms with Crippen molar-refractivity contribution >= 4 is 13.6 Å². The summed E-state index contributed by atoms with van der Waals surface area (Å²) in [7, 11) is -4.57. The minimum absolute atomic E-state index is 0.217. The summed E-state index contributed by atoms with van der Waals surface area (Å²) in [5.74, 6) is 0.485. The molecule has 0 aliphatic heterocycles. The highest BCUT2D eigenvalue weighted by Gasteiger charge is 2.19. The quantitative estimate of drug-likeness (QED) is 0.0962. The average Bonchev–Trinajstić information content (AvgIpc) is 2.86. The zero-order chi connectivity index (χ0) is 26.3. The maximum atomic E-state index is 11.1. The zero-order valence-corrected chi connectivity index (χ0v) is 23.1. The molecule has 1 atom stereocenters. The van der Waals surface area contributed by atoms with E-state index in [1.807, 2.05) is 6.07 Å². The smallest absolute Gasteiger partial charge is 0.379 e. The zero-order valence-electron chi connectivity index (χ0n) is 22.2. The second-order valence-electron chi connectivity index (χ2n) is 9.55. The fourth-order valence-corrected chi connectivity index (χ4v) is 4.42. The molecule has 36 heavy (non-hydrogen) atoms. The summed E-state index contributed by atoms with van der Waals surface area (Å²) in [5, 5.41) is 11.9. The molecule has 0 bridgehead atoms. The lowest BCUT2D eigenvalue weighted by molar-refractivity contribution is 0.0991. The maximum Gasteiger partial charge on any atom is 0.469 e. The summed E-state index contributed by atoms with van der Waals surface area (Å²) in [4.78, 5) is 22.1. The van der Waals surface area contributed by atoms with Crippen LogP contribution in [0.15, 0.2) is 18.3 Å². The third-order valence-electron chi connectivity index (χ3n) is 6.15. The van der Waals surface area contributed by atoms with Crippen molar-refractivity contribution < 1.29 is 23.6 Å². The summed E-state index contributed by atoms with van der Waals surface area (Å²) in [6.07, 6.45) is 22.5. The standard InChI is InChI=1S/C27H48N3O5P/c1-2-3-4-5-6-7-8-9-10-11-12-13-14-15-16-17-20-34-23-26(24-35-36(31,32)33)30-27-19-18-25(21-28)22-29-27/h18-19,22,26H,2-17,20,23-24H2,1H3,(H,29,30)(H2,31,32,33). The van der Waals surface area contributed by atoms with Crippen LogP contribution >= 0.6 is 7.82 Å². The van der Waals surface area contributed by atoms with Crippen molar-refractivity contribution in [3.63, 3.8) is 0 Å². The van der Waals surface area contributed by atoms with Gasteiger partial charge in [-0.3, -0.25) is 4.52 Å². The van der Waals surface area contributed by atoms with Crippen LogP contribution in [0, 0.1) is 11.3 Å². The van der Waals surface area contributed by atoms with E-state index >= 15 is 0 Å². The molecule has 1 heterocycles. The predicted molar refractivity (Wildman–Crippen MR) is 145 cm³/mol. The largest absolute Gasteiger partial charge is 0.469 e.